The molecule has 0 aliphatic carbocycles. The van der Waals surface area contributed by atoms with Crippen LogP contribution in [-0.4, -0.2) is 196 Å². The zero-order valence-corrected chi connectivity index (χ0v) is 56.9. The number of quaternary nitrogens is 2. The van der Waals surface area contributed by atoms with Gasteiger partial charge >= 0.3 is 0 Å². The molecule has 0 spiro atoms. The average Bonchev–Trinajstić information content (AvgIpc) is 1.77. The molecule has 3 heterocycles. The van der Waals surface area contributed by atoms with Crippen molar-refractivity contribution in [2.45, 2.75) is 37.1 Å². The fourth-order valence-electron chi connectivity index (χ4n) is 11.6. The normalized spacial score (nSPS) is 13.2. The summed E-state index contributed by atoms with van der Waals surface area (Å²) in [7, 11) is 8.33. The van der Waals surface area contributed by atoms with Crippen LogP contribution < -0.4 is 54.9 Å². The predicted octanol–water partition coefficient (Wildman–Crippen LogP) is 8.96. The van der Waals surface area contributed by atoms with Crippen LogP contribution in [0.3, 0.4) is 0 Å². The Morgan fingerprint density at radius 3 is 1.59 bits per heavy atom. The first-order valence-electron chi connectivity index (χ1n) is 31.5. The number of amides is 4. The average molecular weight is 1340 g/mol. The van der Waals surface area contributed by atoms with Crippen LogP contribution in [0.1, 0.15) is 36.0 Å². The van der Waals surface area contributed by atoms with Crippen LogP contribution in [0.5, 0.6) is 11.5 Å². The number of anilines is 4. The number of hydrogen-bond donors (Lipinski definition) is 4. The first-order chi connectivity index (χ1) is 44.0. The smallest absolute Gasteiger partial charge is 0.277 e. The number of halogens is 4. The van der Waals surface area contributed by atoms with E-state index in [1.165, 1.54) is 32.1 Å². The van der Waals surface area contributed by atoms with E-state index in [0.717, 1.165) is 73.6 Å². The van der Waals surface area contributed by atoms with Gasteiger partial charge in [0.1, 0.15) is 23.6 Å². The van der Waals surface area contributed by atoms with Gasteiger partial charge in [-0.25, -0.2) is 4.57 Å². The second-order valence-corrected chi connectivity index (χ2v) is 26.7. The topological polar surface area (TPSA) is 152 Å². The van der Waals surface area contributed by atoms with Crippen molar-refractivity contribution < 1.29 is 42.2 Å². The second-order valence-electron chi connectivity index (χ2n) is 24.2. The molecule has 1 aromatic heterocycles. The minimum absolute atomic E-state index is 0.0999. The van der Waals surface area contributed by atoms with E-state index in [-0.39, 0.29) is 76.1 Å². The molecule has 6 aromatic rings. The summed E-state index contributed by atoms with van der Waals surface area (Å²) in [5, 5.41) is 14.1. The Bertz CT molecular complexity index is 3240. The maximum atomic E-state index is 13.5. The van der Waals surface area contributed by atoms with Gasteiger partial charge in [0.15, 0.2) is 26.3 Å². The number of nitrogens with one attached hydrogen (secondary N) is 4. The number of thioether (sulfide) groups is 1. The molecular weight excluding hydrogens is 1250 g/mol. The Morgan fingerprint density at radius 2 is 1.08 bits per heavy atom. The number of likely N-dealkylation sites (N-methyl/N-ethyl adjacent to an activating group) is 2. The lowest BCUT2D eigenvalue weighted by Gasteiger charge is -2.31. The van der Waals surface area contributed by atoms with E-state index in [2.05, 4.69) is 159 Å². The molecule has 4 amide bonds. The largest absolute Gasteiger partial charge is 0.484 e. The number of alkyl halides is 4. The third kappa shape index (κ3) is 21.5. The van der Waals surface area contributed by atoms with Crippen LogP contribution >= 0.6 is 58.2 Å². The number of benzene rings is 5. The molecule has 0 radical (unpaired) electrons. The number of nitrogens with zero attached hydrogens (tertiary/aromatic N) is 7. The second kappa shape index (κ2) is 35.4. The lowest BCUT2D eigenvalue weighted by atomic mass is 10.0. The lowest BCUT2D eigenvalue weighted by molar-refractivity contribution is -0.882. The number of carbonyl (C=O) groups excluding carboxylic acids is 4. The summed E-state index contributed by atoms with van der Waals surface area (Å²) in [4.78, 5) is 63.0. The van der Waals surface area contributed by atoms with Crippen LogP contribution in [0.2, 0.25) is 0 Å². The molecule has 91 heavy (non-hydrogen) atoms. The van der Waals surface area contributed by atoms with Crippen molar-refractivity contribution in [3.05, 3.63) is 149 Å². The van der Waals surface area contributed by atoms with Gasteiger partial charge in [-0.3, -0.25) is 24.1 Å². The summed E-state index contributed by atoms with van der Waals surface area (Å²) in [6.07, 6.45) is 6.14. The molecule has 0 atom stereocenters. The van der Waals surface area contributed by atoms with Crippen molar-refractivity contribution in [2.75, 3.05) is 183 Å². The predicted molar refractivity (Wildman–Crippen MR) is 374 cm³/mol. The molecule has 22 heteroatoms. The molecule has 4 N–H and O–H groups in total. The molecule has 17 nitrogen and oxygen atoms in total. The Labute approximate surface area is 562 Å². The number of fused-ring (bicyclic) bond motifs is 1. The molecule has 0 bridgehead atoms. The summed E-state index contributed by atoms with van der Waals surface area (Å²) in [6.45, 7) is 8.47. The van der Waals surface area contributed by atoms with Gasteiger partial charge in [-0.05, 0) is 96.3 Å². The maximum Gasteiger partial charge on any atom is 0.277 e. The summed E-state index contributed by atoms with van der Waals surface area (Å²) < 4.78 is 14.9. The fraction of sp³-hybridized carbons (Fsp3) is 0.435. The summed E-state index contributed by atoms with van der Waals surface area (Å²) in [5.74, 6) is 3.39. The minimum Gasteiger partial charge on any atom is -0.484 e. The monoisotopic (exact) mass is 1340 g/mol. The van der Waals surface area contributed by atoms with E-state index < -0.39 is 0 Å². The van der Waals surface area contributed by atoms with Crippen LogP contribution in [0.25, 0.3) is 17.0 Å². The van der Waals surface area contributed by atoms with Gasteiger partial charge in [0.2, 0.25) is 0 Å². The van der Waals surface area contributed by atoms with Crippen molar-refractivity contribution in [3.63, 3.8) is 0 Å². The van der Waals surface area contributed by atoms with Crippen LogP contribution in [-0.2, 0) is 32.1 Å². The highest BCUT2D eigenvalue weighted by atomic mass is 35.5. The Morgan fingerprint density at radius 1 is 0.582 bits per heavy atom. The zero-order valence-electron chi connectivity index (χ0n) is 53.1. The van der Waals surface area contributed by atoms with Crippen molar-refractivity contribution in [1.29, 1.82) is 0 Å². The van der Waals surface area contributed by atoms with E-state index >= 15 is 0 Å². The number of carbonyl (C=O) groups is 4. The van der Waals surface area contributed by atoms with Gasteiger partial charge < -0.3 is 54.4 Å². The highest BCUT2D eigenvalue weighted by Crippen LogP contribution is 2.50. The number of ether oxygens (including phenoxy) is 2. The highest BCUT2D eigenvalue weighted by Gasteiger charge is 2.32. The first-order valence-corrected chi connectivity index (χ1v) is 34.4. The summed E-state index contributed by atoms with van der Waals surface area (Å²) in [6, 6.07) is 43.4. The van der Waals surface area contributed by atoms with Crippen LogP contribution in [0.4, 0.5) is 22.9 Å². The molecule has 488 valence electrons. The van der Waals surface area contributed by atoms with Gasteiger partial charge in [-0.15, -0.1) is 46.4 Å². The third-order valence-corrected chi connectivity index (χ3v) is 17.9. The molecule has 0 saturated carbocycles. The number of rotatable bonds is 38. The molecule has 0 unspecified atom stereocenters. The van der Waals surface area contributed by atoms with Gasteiger partial charge in [0, 0.05) is 123 Å². The van der Waals surface area contributed by atoms with Gasteiger partial charge in [-0.2, -0.15) is 0 Å². The fourth-order valence-corrected chi connectivity index (χ4v) is 13.6. The summed E-state index contributed by atoms with van der Waals surface area (Å²) >= 11 is 25.8. The molecule has 2 aliphatic heterocycles. The quantitative estimate of drug-likeness (QED) is 0.0127. The molecule has 8 rings (SSSR count). The minimum atomic E-state index is -0.284. The van der Waals surface area contributed by atoms with Crippen molar-refractivity contribution >= 4 is 122 Å². The van der Waals surface area contributed by atoms with Gasteiger partial charge in [-0.1, -0.05) is 72.4 Å². The zero-order chi connectivity index (χ0) is 64.6. The van der Waals surface area contributed by atoms with Gasteiger partial charge in [0.25, 0.3) is 29.4 Å². The molecule has 5 aromatic carbocycles. The number of aromatic nitrogens is 1. The van der Waals surface area contributed by atoms with E-state index in [1.807, 2.05) is 60.3 Å². The number of aryl methyl sites for hydroxylation is 1. The Hall–Kier alpha value is -6.64. The number of hydrogen-bond acceptors (Lipinski definition) is 11. The van der Waals surface area contributed by atoms with Crippen LogP contribution in [0, 0.1) is 0 Å². The van der Waals surface area contributed by atoms with Crippen molar-refractivity contribution in [3.8, 4) is 11.5 Å². The molecule has 2 aliphatic rings. The maximum absolute atomic E-state index is 13.5. The van der Waals surface area contributed by atoms with E-state index in [4.69, 9.17) is 55.9 Å². The lowest BCUT2D eigenvalue weighted by Crippen LogP contribution is -2.51. The summed E-state index contributed by atoms with van der Waals surface area (Å²) in [5.41, 5.74) is 8.16. The van der Waals surface area contributed by atoms with Gasteiger partial charge in [0.05, 0.1) is 65.1 Å². The molecule has 0 fully saturated rings. The first kappa shape index (κ1) is 70.2. The van der Waals surface area contributed by atoms with E-state index in [9.17, 15) is 19.2 Å². The standard InChI is InChI=1S/C69H87Cl4N11O6S/c1-83(2,49-63(85)74-33-35-76-65(87)51-89-58-25-21-56(22-26-58)78(40-29-70)41-30-71)44-12-37-80(38-13-45-84(3,4)50-64(86)75-34-36-77-66(88)52-90-59-27-23-57(24-28-59)79(42-31-72)43-32-73)67-46-55(47-68-81-39-11-17-54-16-10-20-62(91-68)69(54)81)60-18-8-9-19-61(60)82(67)48-53-14-6-5-7-15-53/h5-10,14-16,18-28,46-47H,11-13,17,29-45,48-52H2,1-4H3,(H-3,74,75,76,77,85,86,87,88)/p+3. The SMILES string of the molecule is C[N+](C)(CCCN(CCC[N+](C)(C)CC(=O)NCCNC(=O)COc1ccc(N(CCCl)CCCl)cc1)c1cc(C=C2Sc3cccc4c3N2CCC4)c2ccccc2[n+]1Cc1ccccc1)CC(=O)NCCNC(=O)COc1ccc(N(CCCl)CCCl)cc1. The van der Waals surface area contributed by atoms with E-state index in [0.29, 0.717) is 89.8 Å². The Balaban J connectivity index is 0.905. The van der Waals surface area contributed by atoms with E-state index in [1.54, 1.807) is 0 Å². The van der Waals surface area contributed by atoms with Crippen molar-refractivity contribution in [1.82, 2.24) is 21.3 Å². The number of pyridine rings is 1. The van der Waals surface area contributed by atoms with Crippen LogP contribution in [0.15, 0.2) is 137 Å². The highest BCUT2D eigenvalue weighted by molar-refractivity contribution is 8.03. The van der Waals surface area contributed by atoms with Crippen molar-refractivity contribution in [2.24, 2.45) is 0 Å². The Kier molecular flexibility index (Phi) is 27.3. The third-order valence-electron chi connectivity index (χ3n) is 16.1. The number of para-hydroxylation sites is 2. The molecular formula is C69H90Cl4N11O6S+3. The molecule has 0 saturated heterocycles.